The standard InChI is InChI=1S/C28H20FN5O2/c1-17-27(20-6-5-19-11-24(15-35)36-26(19)12-20)28(31-16-30-17)33-23-7-8-25-21(10-23)13-32-34(25)14-18-3-2-4-22(29)9-18/h2-13,15-16H,14H2,1H3,(H,30,31,33). The molecular weight excluding hydrogens is 457 g/mol. The highest BCUT2D eigenvalue weighted by molar-refractivity contribution is 5.91. The van der Waals surface area contributed by atoms with Crippen LogP contribution >= 0.6 is 0 Å². The molecule has 0 radical (unpaired) electrons. The van der Waals surface area contributed by atoms with Crippen molar-refractivity contribution in [3.8, 4) is 11.1 Å². The van der Waals surface area contributed by atoms with Gasteiger partial charge in [-0.05, 0) is 60.5 Å². The van der Waals surface area contributed by atoms with Crippen LogP contribution in [0.25, 0.3) is 33.0 Å². The van der Waals surface area contributed by atoms with E-state index in [1.165, 1.54) is 18.5 Å². The Morgan fingerprint density at radius 3 is 2.81 bits per heavy atom. The van der Waals surface area contributed by atoms with Gasteiger partial charge in [0.1, 0.15) is 23.5 Å². The highest BCUT2D eigenvalue weighted by Gasteiger charge is 2.14. The van der Waals surface area contributed by atoms with Gasteiger partial charge in [0.25, 0.3) is 0 Å². The van der Waals surface area contributed by atoms with E-state index in [2.05, 4.69) is 20.4 Å². The maximum atomic E-state index is 13.6. The van der Waals surface area contributed by atoms with Gasteiger partial charge in [0, 0.05) is 22.0 Å². The minimum absolute atomic E-state index is 0.262. The summed E-state index contributed by atoms with van der Waals surface area (Å²) in [7, 11) is 0. The molecule has 0 saturated heterocycles. The molecule has 6 aromatic rings. The minimum Gasteiger partial charge on any atom is -0.453 e. The fourth-order valence-corrected chi connectivity index (χ4v) is 4.42. The number of fused-ring (bicyclic) bond motifs is 2. The van der Waals surface area contributed by atoms with Crippen molar-refractivity contribution in [3.05, 3.63) is 102 Å². The third-order valence-electron chi connectivity index (χ3n) is 6.11. The van der Waals surface area contributed by atoms with Crippen LogP contribution in [-0.4, -0.2) is 26.0 Å². The van der Waals surface area contributed by atoms with Crippen molar-refractivity contribution < 1.29 is 13.6 Å². The van der Waals surface area contributed by atoms with Crippen molar-refractivity contribution in [2.45, 2.75) is 13.5 Å². The van der Waals surface area contributed by atoms with Crippen LogP contribution < -0.4 is 5.32 Å². The number of benzene rings is 3. The van der Waals surface area contributed by atoms with Crippen molar-refractivity contribution >= 4 is 39.7 Å². The van der Waals surface area contributed by atoms with Gasteiger partial charge in [-0.3, -0.25) is 9.48 Å². The number of nitrogens with zero attached hydrogens (tertiary/aromatic N) is 4. The third kappa shape index (κ3) is 3.98. The smallest absolute Gasteiger partial charge is 0.185 e. The minimum atomic E-state index is -0.262. The van der Waals surface area contributed by atoms with Crippen LogP contribution in [0, 0.1) is 12.7 Å². The molecule has 1 N–H and O–H groups in total. The lowest BCUT2D eigenvalue weighted by Gasteiger charge is -2.13. The van der Waals surface area contributed by atoms with E-state index in [1.807, 2.05) is 54.1 Å². The topological polar surface area (TPSA) is 85.8 Å². The summed E-state index contributed by atoms with van der Waals surface area (Å²) in [4.78, 5) is 20.0. The number of aldehydes is 1. The first-order valence-electron chi connectivity index (χ1n) is 11.4. The number of carbonyl (C=O) groups is 1. The molecule has 0 unspecified atom stereocenters. The summed E-state index contributed by atoms with van der Waals surface area (Å²) in [5.74, 6) is 0.671. The van der Waals surface area contributed by atoms with E-state index in [9.17, 15) is 9.18 Å². The molecule has 0 aliphatic carbocycles. The molecule has 0 aliphatic heterocycles. The second-order valence-electron chi connectivity index (χ2n) is 8.53. The van der Waals surface area contributed by atoms with E-state index in [4.69, 9.17) is 4.42 Å². The molecule has 6 rings (SSSR count). The third-order valence-corrected chi connectivity index (χ3v) is 6.11. The summed E-state index contributed by atoms with van der Waals surface area (Å²) >= 11 is 0. The Balaban J connectivity index is 1.33. The van der Waals surface area contributed by atoms with Gasteiger partial charge < -0.3 is 9.73 Å². The van der Waals surface area contributed by atoms with E-state index in [-0.39, 0.29) is 11.6 Å². The molecule has 0 spiro atoms. The summed E-state index contributed by atoms with van der Waals surface area (Å²) in [5.41, 5.74) is 5.77. The molecule has 0 aliphatic rings. The molecule has 3 aromatic carbocycles. The van der Waals surface area contributed by atoms with E-state index in [1.54, 1.807) is 18.3 Å². The van der Waals surface area contributed by atoms with E-state index in [0.717, 1.165) is 44.4 Å². The maximum Gasteiger partial charge on any atom is 0.185 e. The number of halogens is 1. The number of nitrogens with one attached hydrogen (secondary N) is 1. The van der Waals surface area contributed by atoms with Gasteiger partial charge in [-0.25, -0.2) is 14.4 Å². The fourth-order valence-electron chi connectivity index (χ4n) is 4.42. The summed E-state index contributed by atoms with van der Waals surface area (Å²) in [6.45, 7) is 2.40. The Morgan fingerprint density at radius 2 is 1.94 bits per heavy atom. The van der Waals surface area contributed by atoms with Crippen LogP contribution in [-0.2, 0) is 6.54 Å². The van der Waals surface area contributed by atoms with Crippen LogP contribution in [0.3, 0.4) is 0 Å². The fraction of sp³-hybridized carbons (Fsp3) is 0.0714. The van der Waals surface area contributed by atoms with Crippen LogP contribution in [0.4, 0.5) is 15.9 Å². The van der Waals surface area contributed by atoms with Crippen LogP contribution in [0.1, 0.15) is 21.8 Å². The van der Waals surface area contributed by atoms with Gasteiger partial charge in [0.05, 0.1) is 24.0 Å². The molecule has 0 fully saturated rings. The number of furan rings is 1. The lowest BCUT2D eigenvalue weighted by Crippen LogP contribution is -2.02. The Hall–Kier alpha value is -4.85. The summed E-state index contributed by atoms with van der Waals surface area (Å²) < 4.78 is 21.0. The SMILES string of the molecule is Cc1ncnc(Nc2ccc3c(cnn3Cc3cccc(F)c3)c2)c1-c1ccc2cc(C=O)oc2c1. The summed E-state index contributed by atoms with van der Waals surface area (Å²) in [6.07, 6.45) is 4.01. The predicted molar refractivity (Wildman–Crippen MR) is 136 cm³/mol. The van der Waals surface area contributed by atoms with Gasteiger partial charge in [0.2, 0.25) is 0 Å². The van der Waals surface area contributed by atoms with Gasteiger partial charge in [-0.1, -0.05) is 24.3 Å². The maximum absolute atomic E-state index is 13.6. The number of aromatic nitrogens is 4. The van der Waals surface area contributed by atoms with Crippen molar-refractivity contribution in [3.63, 3.8) is 0 Å². The average Bonchev–Trinajstić information content (AvgIpc) is 3.47. The molecule has 0 amide bonds. The summed E-state index contributed by atoms with van der Waals surface area (Å²) in [6, 6.07) is 19.9. The number of carbonyl (C=O) groups excluding carboxylic acids is 1. The Labute approximate surface area is 205 Å². The molecule has 0 bridgehead atoms. The molecule has 0 saturated carbocycles. The first-order chi connectivity index (χ1) is 17.6. The monoisotopic (exact) mass is 477 g/mol. The van der Waals surface area contributed by atoms with E-state index < -0.39 is 0 Å². The second kappa shape index (κ2) is 8.74. The number of rotatable bonds is 6. The summed E-state index contributed by atoms with van der Waals surface area (Å²) in [5, 5.41) is 9.70. The average molecular weight is 477 g/mol. The van der Waals surface area contributed by atoms with Gasteiger partial charge in [-0.15, -0.1) is 0 Å². The molecule has 0 atom stereocenters. The molecule has 36 heavy (non-hydrogen) atoms. The zero-order valence-corrected chi connectivity index (χ0v) is 19.3. The normalized spacial score (nSPS) is 11.3. The Bertz CT molecular complexity index is 1750. The number of hydrogen-bond donors (Lipinski definition) is 1. The largest absolute Gasteiger partial charge is 0.453 e. The van der Waals surface area contributed by atoms with Crippen molar-refractivity contribution in [2.75, 3.05) is 5.32 Å². The molecule has 176 valence electrons. The van der Waals surface area contributed by atoms with Gasteiger partial charge in [-0.2, -0.15) is 5.10 Å². The van der Waals surface area contributed by atoms with Crippen LogP contribution in [0.5, 0.6) is 0 Å². The Kier molecular flexibility index (Phi) is 5.26. The number of hydrogen-bond acceptors (Lipinski definition) is 6. The molecule has 8 heteroatoms. The number of anilines is 2. The van der Waals surface area contributed by atoms with Gasteiger partial charge >= 0.3 is 0 Å². The van der Waals surface area contributed by atoms with Crippen molar-refractivity contribution in [1.82, 2.24) is 19.7 Å². The van der Waals surface area contributed by atoms with E-state index in [0.29, 0.717) is 24.2 Å². The Morgan fingerprint density at radius 1 is 1.03 bits per heavy atom. The molecule has 3 aromatic heterocycles. The molecule has 7 nitrogen and oxygen atoms in total. The van der Waals surface area contributed by atoms with Crippen molar-refractivity contribution in [2.24, 2.45) is 0 Å². The lowest BCUT2D eigenvalue weighted by molar-refractivity contribution is 0.110. The molecule has 3 heterocycles. The highest BCUT2D eigenvalue weighted by atomic mass is 19.1. The van der Waals surface area contributed by atoms with Gasteiger partial charge in [0.15, 0.2) is 12.0 Å². The zero-order chi connectivity index (χ0) is 24.6. The van der Waals surface area contributed by atoms with Crippen LogP contribution in [0.2, 0.25) is 0 Å². The lowest BCUT2D eigenvalue weighted by atomic mass is 10.0. The highest BCUT2D eigenvalue weighted by Crippen LogP contribution is 2.34. The molecular formula is C28H20FN5O2. The number of aryl methyl sites for hydroxylation is 1. The van der Waals surface area contributed by atoms with Crippen molar-refractivity contribution in [1.29, 1.82) is 0 Å². The zero-order valence-electron chi connectivity index (χ0n) is 19.3. The van der Waals surface area contributed by atoms with E-state index >= 15 is 0 Å². The first kappa shape index (κ1) is 21.7. The quantitative estimate of drug-likeness (QED) is 0.284. The predicted octanol–water partition coefficient (Wildman–Crippen LogP) is 6.29. The second-order valence-corrected chi connectivity index (χ2v) is 8.53. The van der Waals surface area contributed by atoms with Crippen LogP contribution in [0.15, 0.2) is 83.7 Å². The first-order valence-corrected chi connectivity index (χ1v) is 11.4.